The zero-order valence-electron chi connectivity index (χ0n) is 14.6. The van der Waals surface area contributed by atoms with Crippen LogP contribution in [0.3, 0.4) is 0 Å². The molecule has 1 aromatic heterocycles. The summed E-state index contributed by atoms with van der Waals surface area (Å²) in [5.41, 5.74) is 1.77. The zero-order valence-corrected chi connectivity index (χ0v) is 16.4. The summed E-state index contributed by atoms with van der Waals surface area (Å²) in [4.78, 5) is 4.36. The van der Waals surface area contributed by atoms with Crippen molar-refractivity contribution < 1.29 is 21.9 Å². The van der Waals surface area contributed by atoms with E-state index in [0.29, 0.717) is 17.2 Å². The second-order valence-corrected chi connectivity index (χ2v) is 9.34. The quantitative estimate of drug-likeness (QED) is 0.621. The summed E-state index contributed by atoms with van der Waals surface area (Å²) in [5.74, 6) is 0.958. The van der Waals surface area contributed by atoms with E-state index in [9.17, 15) is 7.67 Å². The van der Waals surface area contributed by atoms with Crippen molar-refractivity contribution in [2.24, 2.45) is 0 Å². The molecular formula is C19H19NO5Se. The number of fused-ring (bicyclic) bond motifs is 1. The normalized spacial score (nSPS) is 11.8. The van der Waals surface area contributed by atoms with Crippen LogP contribution in [0.1, 0.15) is 5.56 Å². The van der Waals surface area contributed by atoms with Gasteiger partial charge in [0.2, 0.25) is 0 Å². The SMILES string of the molecule is COc1cc([Se](=O)(=O)/C=C/c2cccc3[nH]ccc23)cc(OC)c1OC. The fourth-order valence-corrected chi connectivity index (χ4v) is 4.87. The molecule has 0 aliphatic heterocycles. The number of aromatic nitrogens is 1. The van der Waals surface area contributed by atoms with Crippen molar-refractivity contribution in [2.45, 2.75) is 0 Å². The summed E-state index contributed by atoms with van der Waals surface area (Å²) in [6, 6.07) is 10.5. The minimum atomic E-state index is -4.57. The van der Waals surface area contributed by atoms with E-state index in [1.807, 2.05) is 30.5 Å². The van der Waals surface area contributed by atoms with Gasteiger partial charge in [0.05, 0.1) is 0 Å². The molecular weight excluding hydrogens is 401 g/mol. The van der Waals surface area contributed by atoms with Gasteiger partial charge in [-0.25, -0.2) is 0 Å². The Bertz CT molecular complexity index is 1040. The van der Waals surface area contributed by atoms with Crippen LogP contribution in [0.25, 0.3) is 17.0 Å². The Hall–Kier alpha value is -2.76. The van der Waals surface area contributed by atoms with Crippen LogP contribution in [0.4, 0.5) is 0 Å². The first-order chi connectivity index (χ1) is 12.5. The molecule has 0 unspecified atom stereocenters. The van der Waals surface area contributed by atoms with Gasteiger partial charge in [0, 0.05) is 0 Å². The van der Waals surface area contributed by atoms with Crippen LogP contribution in [0.5, 0.6) is 17.2 Å². The van der Waals surface area contributed by atoms with E-state index in [-0.39, 0.29) is 4.46 Å². The molecule has 0 saturated heterocycles. The van der Waals surface area contributed by atoms with Gasteiger partial charge >= 0.3 is 153 Å². The van der Waals surface area contributed by atoms with Gasteiger partial charge in [-0.15, -0.1) is 0 Å². The third-order valence-electron chi connectivity index (χ3n) is 4.02. The number of hydrogen-bond donors (Lipinski definition) is 1. The van der Waals surface area contributed by atoms with E-state index in [1.165, 1.54) is 38.4 Å². The molecule has 6 nitrogen and oxygen atoms in total. The Morgan fingerprint density at radius 3 is 2.27 bits per heavy atom. The van der Waals surface area contributed by atoms with Gasteiger partial charge in [-0.1, -0.05) is 0 Å². The molecule has 0 spiro atoms. The first-order valence-corrected chi connectivity index (χ1v) is 11.0. The minimum absolute atomic E-state index is 0.133. The predicted octanol–water partition coefficient (Wildman–Crippen LogP) is 2.96. The summed E-state index contributed by atoms with van der Waals surface area (Å²) in [7, 11) is 4.37. The predicted molar refractivity (Wildman–Crippen MR) is 100 cm³/mol. The Balaban J connectivity index is 2.04. The molecule has 3 rings (SSSR count). The average molecular weight is 420 g/mol. The number of benzene rings is 2. The summed E-state index contributed by atoms with van der Waals surface area (Å²) in [6.45, 7) is 0. The van der Waals surface area contributed by atoms with Crippen LogP contribution in [0.2, 0.25) is 0 Å². The molecule has 0 fully saturated rings. The number of rotatable bonds is 6. The number of methoxy groups -OCH3 is 3. The summed E-state index contributed by atoms with van der Waals surface area (Å²) in [6.07, 6.45) is 3.43. The van der Waals surface area contributed by atoms with Crippen LogP contribution in [-0.4, -0.2) is 39.0 Å². The standard InChI is InChI=1S/C19H19NO5Se/c1-23-17-11-14(12-18(24-2)19(17)25-3)26(21,22)10-8-13-5-4-6-16-15(13)7-9-20-16/h4-12,20H,1-3H3/b10-8+. The maximum absolute atomic E-state index is 12.8. The molecule has 7 heteroatoms. The Morgan fingerprint density at radius 2 is 1.65 bits per heavy atom. The monoisotopic (exact) mass is 421 g/mol. The maximum atomic E-state index is 12.8. The van der Waals surface area contributed by atoms with Crippen molar-refractivity contribution in [3.63, 3.8) is 0 Å². The third-order valence-corrected chi connectivity index (χ3v) is 6.93. The molecule has 2 aromatic carbocycles. The summed E-state index contributed by atoms with van der Waals surface area (Å²) in [5, 5.41) is 0.960. The van der Waals surface area contributed by atoms with Crippen LogP contribution in [0, 0.1) is 0 Å². The average Bonchev–Trinajstić information content (AvgIpc) is 3.14. The molecule has 3 aromatic rings. The molecule has 0 aliphatic carbocycles. The van der Waals surface area contributed by atoms with Crippen molar-refractivity contribution in [3.05, 3.63) is 53.1 Å². The van der Waals surface area contributed by atoms with Gasteiger partial charge in [0.25, 0.3) is 0 Å². The van der Waals surface area contributed by atoms with Gasteiger partial charge in [-0.2, -0.15) is 0 Å². The topological polar surface area (TPSA) is 77.6 Å². The fourth-order valence-electron chi connectivity index (χ4n) is 2.72. The molecule has 0 aliphatic rings. The van der Waals surface area contributed by atoms with E-state index in [1.54, 1.807) is 6.08 Å². The van der Waals surface area contributed by atoms with E-state index < -0.39 is 12.7 Å². The fraction of sp³-hybridized carbons (Fsp3) is 0.158. The number of ether oxygens (including phenoxy) is 3. The second-order valence-electron chi connectivity index (χ2n) is 5.49. The zero-order chi connectivity index (χ0) is 18.7. The number of H-pyrrole nitrogens is 1. The molecule has 26 heavy (non-hydrogen) atoms. The van der Waals surface area contributed by atoms with Crippen molar-refractivity contribution in [3.8, 4) is 17.2 Å². The molecule has 1 N–H and O–H groups in total. The van der Waals surface area contributed by atoms with E-state index >= 15 is 0 Å². The molecule has 0 bridgehead atoms. The van der Waals surface area contributed by atoms with Gasteiger partial charge in [0.15, 0.2) is 0 Å². The first-order valence-electron chi connectivity index (χ1n) is 7.79. The van der Waals surface area contributed by atoms with Gasteiger partial charge < -0.3 is 0 Å². The van der Waals surface area contributed by atoms with Gasteiger partial charge in [-0.05, 0) is 0 Å². The van der Waals surface area contributed by atoms with E-state index in [4.69, 9.17) is 14.2 Å². The number of hydrogen-bond acceptors (Lipinski definition) is 5. The van der Waals surface area contributed by atoms with Crippen molar-refractivity contribution in [2.75, 3.05) is 21.3 Å². The van der Waals surface area contributed by atoms with Crippen molar-refractivity contribution >= 4 is 34.1 Å². The molecule has 136 valence electrons. The second kappa shape index (κ2) is 7.23. The first kappa shape index (κ1) is 18.0. The molecule has 0 atom stereocenters. The van der Waals surface area contributed by atoms with Crippen LogP contribution >= 0.6 is 0 Å². The Labute approximate surface area is 153 Å². The van der Waals surface area contributed by atoms with Crippen LogP contribution < -0.4 is 18.7 Å². The number of aromatic amines is 1. The van der Waals surface area contributed by atoms with Crippen LogP contribution in [-0.2, 0) is 7.67 Å². The van der Waals surface area contributed by atoms with E-state index in [0.717, 1.165) is 16.5 Å². The third kappa shape index (κ3) is 3.31. The Morgan fingerprint density at radius 1 is 0.962 bits per heavy atom. The summed E-state index contributed by atoms with van der Waals surface area (Å²) < 4.78 is 41.5. The van der Waals surface area contributed by atoms with Crippen molar-refractivity contribution in [1.82, 2.24) is 4.98 Å². The van der Waals surface area contributed by atoms with E-state index in [2.05, 4.69) is 4.98 Å². The van der Waals surface area contributed by atoms with Crippen molar-refractivity contribution in [1.29, 1.82) is 0 Å². The Kier molecular flexibility index (Phi) is 5.02. The van der Waals surface area contributed by atoms with Crippen LogP contribution in [0.15, 0.2) is 47.6 Å². The molecule has 0 radical (unpaired) electrons. The van der Waals surface area contributed by atoms with Gasteiger partial charge in [-0.3, -0.25) is 0 Å². The molecule has 0 saturated carbocycles. The number of nitrogens with one attached hydrogen (secondary N) is 1. The molecule has 0 amide bonds. The van der Waals surface area contributed by atoms with Gasteiger partial charge in [0.1, 0.15) is 0 Å². The molecule has 1 heterocycles. The summed E-state index contributed by atoms with van der Waals surface area (Å²) >= 11 is -4.57.